The minimum absolute atomic E-state index is 0.171. The molecule has 7 heteroatoms. The highest BCUT2D eigenvalue weighted by atomic mass is 32.1. The third-order valence-corrected chi connectivity index (χ3v) is 4.16. The first kappa shape index (κ1) is 15.9. The molecule has 1 unspecified atom stereocenters. The normalized spacial score (nSPS) is 18.7. The molecule has 21 heavy (non-hydrogen) atoms. The zero-order valence-electron chi connectivity index (χ0n) is 12.3. The molecule has 1 aromatic heterocycles. The van der Waals surface area contributed by atoms with Crippen LogP contribution in [0.4, 0.5) is 0 Å². The summed E-state index contributed by atoms with van der Waals surface area (Å²) in [5.41, 5.74) is 0.791. The van der Waals surface area contributed by atoms with Crippen molar-refractivity contribution in [3.8, 4) is 0 Å². The first-order valence-corrected chi connectivity index (χ1v) is 8.05. The zero-order chi connectivity index (χ0) is 15.2. The molecule has 1 saturated heterocycles. The molecular weight excluding hydrogens is 292 g/mol. The summed E-state index contributed by atoms with van der Waals surface area (Å²) in [5, 5.41) is 2.20. The number of carbonyl (C=O) groups excluding carboxylic acids is 2. The molecule has 0 saturated carbocycles. The molecule has 2 rings (SSSR count). The van der Waals surface area contributed by atoms with Crippen molar-refractivity contribution >= 4 is 23.3 Å². The molecule has 116 valence electrons. The molecule has 1 aliphatic heterocycles. The van der Waals surface area contributed by atoms with Crippen LogP contribution in [0.2, 0.25) is 0 Å². The maximum atomic E-state index is 11.9. The van der Waals surface area contributed by atoms with E-state index in [4.69, 9.17) is 9.47 Å². The Kier molecular flexibility index (Phi) is 5.69. The molecule has 0 aliphatic carbocycles. The number of esters is 2. The smallest absolute Gasteiger partial charge is 0.367 e. The van der Waals surface area contributed by atoms with Crippen molar-refractivity contribution in [2.45, 2.75) is 39.3 Å². The summed E-state index contributed by atoms with van der Waals surface area (Å²) in [6, 6.07) is -0.197. The molecule has 1 atom stereocenters. The fourth-order valence-electron chi connectivity index (χ4n) is 2.40. The molecule has 0 bridgehead atoms. The van der Waals surface area contributed by atoms with E-state index in [-0.39, 0.29) is 12.0 Å². The van der Waals surface area contributed by atoms with E-state index in [9.17, 15) is 9.59 Å². The topological polar surface area (TPSA) is 68.7 Å². The molecule has 0 amide bonds. The van der Waals surface area contributed by atoms with E-state index >= 15 is 0 Å². The number of thiazole rings is 1. The standard InChI is InChI=1S/C14H20N2O4S/c1-3-19-13(17)11-6-5-7-16(11)8-10-9-21-12(15-10)14(18)20-4-2/h9,11H,3-8H2,1-2H3. The van der Waals surface area contributed by atoms with Gasteiger partial charge in [0.05, 0.1) is 18.9 Å². The van der Waals surface area contributed by atoms with Crippen LogP contribution < -0.4 is 0 Å². The summed E-state index contributed by atoms with van der Waals surface area (Å²) in [6.07, 6.45) is 1.78. The van der Waals surface area contributed by atoms with Crippen LogP contribution in [0.3, 0.4) is 0 Å². The molecule has 0 radical (unpaired) electrons. The van der Waals surface area contributed by atoms with E-state index in [1.165, 1.54) is 11.3 Å². The number of hydrogen-bond donors (Lipinski definition) is 0. The van der Waals surface area contributed by atoms with Crippen LogP contribution >= 0.6 is 11.3 Å². The second kappa shape index (κ2) is 7.51. The van der Waals surface area contributed by atoms with E-state index in [0.717, 1.165) is 25.1 Å². The number of rotatable bonds is 6. The molecule has 1 fully saturated rings. The molecule has 2 heterocycles. The van der Waals surface area contributed by atoms with E-state index in [2.05, 4.69) is 9.88 Å². The van der Waals surface area contributed by atoms with Crippen molar-refractivity contribution < 1.29 is 19.1 Å². The molecule has 6 nitrogen and oxygen atoms in total. The Morgan fingerprint density at radius 1 is 1.38 bits per heavy atom. The van der Waals surface area contributed by atoms with Crippen molar-refractivity contribution in [3.63, 3.8) is 0 Å². The lowest BCUT2D eigenvalue weighted by atomic mass is 10.2. The number of likely N-dealkylation sites (tertiary alicyclic amines) is 1. The van der Waals surface area contributed by atoms with Crippen molar-refractivity contribution in [3.05, 3.63) is 16.1 Å². The predicted octanol–water partition coefficient (Wildman–Crippen LogP) is 1.85. The molecule has 1 aliphatic rings. The van der Waals surface area contributed by atoms with Gasteiger partial charge in [0.2, 0.25) is 5.01 Å². The second-order valence-electron chi connectivity index (χ2n) is 4.75. The van der Waals surface area contributed by atoms with E-state index in [1.807, 2.05) is 12.3 Å². The van der Waals surface area contributed by atoms with E-state index < -0.39 is 5.97 Å². The number of carbonyl (C=O) groups is 2. The minimum atomic E-state index is -0.392. The van der Waals surface area contributed by atoms with Crippen LogP contribution in [0, 0.1) is 0 Å². The van der Waals surface area contributed by atoms with Crippen molar-refractivity contribution in [2.75, 3.05) is 19.8 Å². The molecular formula is C14H20N2O4S. The van der Waals surface area contributed by atoms with E-state index in [0.29, 0.717) is 24.8 Å². The largest absolute Gasteiger partial charge is 0.465 e. The summed E-state index contributed by atoms with van der Waals surface area (Å²) in [4.78, 5) is 29.8. The first-order chi connectivity index (χ1) is 10.2. The molecule has 0 spiro atoms. The van der Waals surface area contributed by atoms with Crippen LogP contribution in [-0.4, -0.2) is 47.6 Å². The van der Waals surface area contributed by atoms with Crippen molar-refractivity contribution in [1.29, 1.82) is 0 Å². The van der Waals surface area contributed by atoms with Gasteiger partial charge >= 0.3 is 11.9 Å². The number of hydrogen-bond acceptors (Lipinski definition) is 7. The lowest BCUT2D eigenvalue weighted by molar-refractivity contribution is -0.148. The number of aromatic nitrogens is 1. The van der Waals surface area contributed by atoms with Crippen LogP contribution in [-0.2, 0) is 20.8 Å². The Balaban J connectivity index is 1.97. The quantitative estimate of drug-likeness (QED) is 0.747. The lowest BCUT2D eigenvalue weighted by Gasteiger charge is -2.21. The van der Waals surface area contributed by atoms with Crippen molar-refractivity contribution in [2.24, 2.45) is 0 Å². The van der Waals surface area contributed by atoms with E-state index in [1.54, 1.807) is 6.92 Å². The zero-order valence-corrected chi connectivity index (χ0v) is 13.1. The summed E-state index contributed by atoms with van der Waals surface area (Å²) < 4.78 is 10.0. The van der Waals surface area contributed by atoms with Gasteiger partial charge in [0.25, 0.3) is 0 Å². The van der Waals surface area contributed by atoms with Crippen LogP contribution in [0.1, 0.15) is 42.2 Å². The third-order valence-electron chi connectivity index (χ3n) is 3.29. The molecule has 0 N–H and O–H groups in total. The highest BCUT2D eigenvalue weighted by Gasteiger charge is 2.32. The highest BCUT2D eigenvalue weighted by molar-refractivity contribution is 7.11. The van der Waals surface area contributed by atoms with Gasteiger partial charge in [-0.25, -0.2) is 9.78 Å². The monoisotopic (exact) mass is 312 g/mol. The highest BCUT2D eigenvalue weighted by Crippen LogP contribution is 2.22. The van der Waals surface area contributed by atoms with Gasteiger partial charge in [-0.2, -0.15) is 0 Å². The van der Waals surface area contributed by atoms with Crippen LogP contribution in [0.25, 0.3) is 0 Å². The van der Waals surface area contributed by atoms with Gasteiger partial charge in [-0.3, -0.25) is 9.69 Å². The summed E-state index contributed by atoms with van der Waals surface area (Å²) in [7, 11) is 0. The Morgan fingerprint density at radius 3 is 2.86 bits per heavy atom. The second-order valence-corrected chi connectivity index (χ2v) is 5.60. The summed E-state index contributed by atoms with van der Waals surface area (Å²) in [5.74, 6) is -0.562. The first-order valence-electron chi connectivity index (χ1n) is 7.17. The Morgan fingerprint density at radius 2 is 2.14 bits per heavy atom. The molecule has 1 aromatic rings. The van der Waals surface area contributed by atoms with Gasteiger partial charge in [0, 0.05) is 11.9 Å². The maximum absolute atomic E-state index is 11.9. The third kappa shape index (κ3) is 4.01. The maximum Gasteiger partial charge on any atom is 0.367 e. The lowest BCUT2D eigenvalue weighted by Crippen LogP contribution is -2.36. The Hall–Kier alpha value is -1.47. The predicted molar refractivity (Wildman–Crippen MR) is 78.1 cm³/mol. The van der Waals surface area contributed by atoms with Gasteiger partial charge in [0.1, 0.15) is 6.04 Å². The van der Waals surface area contributed by atoms with Gasteiger partial charge in [-0.1, -0.05) is 0 Å². The van der Waals surface area contributed by atoms with Gasteiger partial charge in [-0.05, 0) is 33.2 Å². The van der Waals surface area contributed by atoms with Gasteiger partial charge in [0.15, 0.2) is 0 Å². The SMILES string of the molecule is CCOC(=O)c1nc(CN2CCCC2C(=O)OCC)cs1. The van der Waals surface area contributed by atoms with Crippen LogP contribution in [0.5, 0.6) is 0 Å². The Bertz CT molecular complexity index is 503. The number of ether oxygens (including phenoxy) is 2. The number of nitrogens with zero attached hydrogens (tertiary/aromatic N) is 2. The minimum Gasteiger partial charge on any atom is -0.465 e. The molecule has 0 aromatic carbocycles. The fraction of sp³-hybridized carbons (Fsp3) is 0.643. The van der Waals surface area contributed by atoms with Gasteiger partial charge < -0.3 is 9.47 Å². The Labute approximate surface area is 128 Å². The average molecular weight is 312 g/mol. The van der Waals surface area contributed by atoms with Crippen molar-refractivity contribution in [1.82, 2.24) is 9.88 Å². The summed E-state index contributed by atoms with van der Waals surface area (Å²) >= 11 is 1.27. The van der Waals surface area contributed by atoms with Crippen LogP contribution in [0.15, 0.2) is 5.38 Å². The summed E-state index contributed by atoms with van der Waals surface area (Å²) in [6.45, 7) is 5.71. The van der Waals surface area contributed by atoms with Gasteiger partial charge in [-0.15, -0.1) is 11.3 Å². The fourth-order valence-corrected chi connectivity index (χ4v) is 3.10. The average Bonchev–Trinajstić information content (AvgIpc) is 3.09.